The van der Waals surface area contributed by atoms with E-state index in [0.717, 1.165) is 40.0 Å². The van der Waals surface area contributed by atoms with Crippen LogP contribution in [0.2, 0.25) is 0 Å². The number of hydrogen-bond donors (Lipinski definition) is 1. The van der Waals surface area contributed by atoms with E-state index in [1.165, 1.54) is 0 Å². The highest BCUT2D eigenvalue weighted by Crippen LogP contribution is 2.29. The molecule has 0 amide bonds. The van der Waals surface area contributed by atoms with E-state index in [0.29, 0.717) is 0 Å². The Kier molecular flexibility index (Phi) is 3.35. The number of aliphatic carboxylic acids is 1. The van der Waals surface area contributed by atoms with Crippen LogP contribution in [0.5, 0.6) is 0 Å². The van der Waals surface area contributed by atoms with Gasteiger partial charge in [-0.15, -0.1) is 0 Å². The molecule has 0 saturated heterocycles. The Morgan fingerprint density at radius 2 is 1.85 bits per heavy atom. The zero-order valence-corrected chi connectivity index (χ0v) is 9.83. The Balaban J connectivity index is 2.42. The number of nitrogens with zero attached hydrogens (tertiary/aromatic N) is 3. The fourth-order valence-electron chi connectivity index (χ4n) is 1.61. The first-order valence-electron chi connectivity index (χ1n) is 5.33. The van der Waals surface area contributed by atoms with Crippen LogP contribution in [0.3, 0.4) is 0 Å². The number of alkyl halides is 3. The molecule has 0 spiro atoms. The smallest absolute Gasteiger partial charge is 0.416 e. The highest BCUT2D eigenvalue weighted by molar-refractivity contribution is 5.66. The van der Waals surface area contributed by atoms with Gasteiger partial charge in [0.15, 0.2) is 0 Å². The molecule has 0 bridgehead atoms. The minimum atomic E-state index is -4.46. The van der Waals surface area contributed by atoms with Crippen LogP contribution in [0.1, 0.15) is 5.56 Å². The van der Waals surface area contributed by atoms with Crippen LogP contribution in [0.15, 0.2) is 35.4 Å². The molecule has 0 atom stereocenters. The molecular weight excluding hydrogens is 279 g/mol. The molecule has 2 rings (SSSR count). The SMILES string of the molecule is O=C(O)Cn1c(=O)ncn1-c1ccc(C(F)(F)F)cc1. The summed E-state index contributed by atoms with van der Waals surface area (Å²) in [6.07, 6.45) is -3.41. The highest BCUT2D eigenvalue weighted by atomic mass is 19.4. The number of carboxylic acids is 1. The van der Waals surface area contributed by atoms with E-state index >= 15 is 0 Å². The molecule has 0 aliphatic heterocycles. The van der Waals surface area contributed by atoms with Crippen molar-refractivity contribution in [2.75, 3.05) is 0 Å². The minimum absolute atomic E-state index is 0.203. The average molecular weight is 287 g/mol. The van der Waals surface area contributed by atoms with Gasteiger partial charge >= 0.3 is 17.8 Å². The van der Waals surface area contributed by atoms with Crippen molar-refractivity contribution >= 4 is 5.97 Å². The summed E-state index contributed by atoms with van der Waals surface area (Å²) in [7, 11) is 0. The first-order chi connectivity index (χ1) is 9.29. The van der Waals surface area contributed by atoms with E-state index in [-0.39, 0.29) is 5.69 Å². The van der Waals surface area contributed by atoms with Gasteiger partial charge in [-0.1, -0.05) is 0 Å². The lowest BCUT2D eigenvalue weighted by atomic mass is 10.2. The van der Waals surface area contributed by atoms with Crippen LogP contribution in [0, 0.1) is 0 Å². The van der Waals surface area contributed by atoms with Gasteiger partial charge < -0.3 is 5.11 Å². The molecule has 6 nitrogen and oxygen atoms in total. The molecule has 1 aromatic heterocycles. The Labute approximate surface area is 109 Å². The molecule has 0 radical (unpaired) electrons. The predicted molar refractivity (Wildman–Crippen MR) is 60.5 cm³/mol. The van der Waals surface area contributed by atoms with E-state index in [9.17, 15) is 22.8 Å². The normalized spacial score (nSPS) is 11.6. The van der Waals surface area contributed by atoms with Crippen molar-refractivity contribution in [3.63, 3.8) is 0 Å². The molecule has 0 aliphatic carbocycles. The molecule has 0 fully saturated rings. The zero-order valence-electron chi connectivity index (χ0n) is 9.83. The third kappa shape index (κ3) is 2.71. The summed E-state index contributed by atoms with van der Waals surface area (Å²) in [5, 5.41) is 8.68. The second-order valence-corrected chi connectivity index (χ2v) is 3.87. The third-order valence-electron chi connectivity index (χ3n) is 2.50. The number of rotatable bonds is 3. The zero-order chi connectivity index (χ0) is 14.9. The maximum atomic E-state index is 12.4. The van der Waals surface area contributed by atoms with Crippen LogP contribution in [0.4, 0.5) is 13.2 Å². The summed E-state index contributed by atoms with van der Waals surface area (Å²) in [6, 6.07) is 3.93. The van der Waals surface area contributed by atoms with Gasteiger partial charge in [0.25, 0.3) is 0 Å². The van der Waals surface area contributed by atoms with Crippen molar-refractivity contribution in [3.05, 3.63) is 46.6 Å². The monoisotopic (exact) mass is 287 g/mol. The molecule has 0 aliphatic rings. The molecule has 2 aromatic rings. The number of carboxylic acid groups (broad SMARTS) is 1. The van der Waals surface area contributed by atoms with Gasteiger partial charge in [-0.05, 0) is 24.3 Å². The summed E-state index contributed by atoms with van der Waals surface area (Å²) < 4.78 is 39.2. The average Bonchev–Trinajstić information content (AvgIpc) is 2.70. The lowest BCUT2D eigenvalue weighted by Gasteiger charge is -2.10. The number of benzene rings is 1. The fourth-order valence-corrected chi connectivity index (χ4v) is 1.61. The van der Waals surface area contributed by atoms with E-state index in [2.05, 4.69) is 4.98 Å². The fraction of sp³-hybridized carbons (Fsp3) is 0.182. The van der Waals surface area contributed by atoms with Gasteiger partial charge in [-0.2, -0.15) is 18.2 Å². The Hall–Kier alpha value is -2.58. The summed E-state index contributed by atoms with van der Waals surface area (Å²) in [6.45, 7) is -0.639. The standard InChI is InChI=1S/C11H8F3N3O3/c12-11(13,14)7-1-3-8(4-2-7)17-6-15-10(20)16(17)5-9(18)19/h1-4,6H,5H2,(H,18,19). The van der Waals surface area contributed by atoms with E-state index in [1.807, 2.05) is 0 Å². The molecule has 20 heavy (non-hydrogen) atoms. The molecule has 1 aromatic carbocycles. The van der Waals surface area contributed by atoms with Gasteiger partial charge in [0.2, 0.25) is 0 Å². The Morgan fingerprint density at radius 3 is 2.35 bits per heavy atom. The van der Waals surface area contributed by atoms with Gasteiger partial charge in [0.1, 0.15) is 12.9 Å². The first-order valence-corrected chi connectivity index (χ1v) is 5.33. The minimum Gasteiger partial charge on any atom is -0.480 e. The van der Waals surface area contributed by atoms with Crippen molar-refractivity contribution < 1.29 is 23.1 Å². The van der Waals surface area contributed by atoms with Gasteiger partial charge in [0.05, 0.1) is 11.3 Å². The van der Waals surface area contributed by atoms with E-state index < -0.39 is 29.9 Å². The van der Waals surface area contributed by atoms with Crippen molar-refractivity contribution in [1.82, 2.24) is 14.3 Å². The number of hydrogen-bond acceptors (Lipinski definition) is 3. The van der Waals surface area contributed by atoms with Gasteiger partial charge in [-0.3, -0.25) is 4.79 Å². The second-order valence-electron chi connectivity index (χ2n) is 3.87. The molecule has 1 N–H and O–H groups in total. The molecule has 106 valence electrons. The molecule has 0 saturated carbocycles. The van der Waals surface area contributed by atoms with Crippen molar-refractivity contribution in [2.45, 2.75) is 12.7 Å². The Morgan fingerprint density at radius 1 is 1.25 bits per heavy atom. The van der Waals surface area contributed by atoms with Crippen LogP contribution >= 0.6 is 0 Å². The van der Waals surface area contributed by atoms with Crippen LogP contribution in [0.25, 0.3) is 5.69 Å². The maximum absolute atomic E-state index is 12.4. The first kappa shape index (κ1) is 13.8. The van der Waals surface area contributed by atoms with E-state index in [4.69, 9.17) is 5.11 Å². The predicted octanol–water partition coefficient (Wildman–Crippen LogP) is 1.14. The Bertz CT molecular complexity index is 685. The number of aromatic nitrogens is 3. The molecule has 1 heterocycles. The van der Waals surface area contributed by atoms with Crippen molar-refractivity contribution in [2.24, 2.45) is 0 Å². The highest BCUT2D eigenvalue weighted by Gasteiger charge is 2.30. The number of halogens is 3. The molecule has 0 unspecified atom stereocenters. The molecule has 9 heteroatoms. The largest absolute Gasteiger partial charge is 0.480 e. The lowest BCUT2D eigenvalue weighted by molar-refractivity contribution is -0.138. The quantitative estimate of drug-likeness (QED) is 0.918. The third-order valence-corrected chi connectivity index (χ3v) is 2.50. The van der Waals surface area contributed by atoms with Crippen molar-refractivity contribution in [1.29, 1.82) is 0 Å². The summed E-state index contributed by atoms with van der Waals surface area (Å²) in [5.74, 6) is -1.26. The number of carbonyl (C=O) groups is 1. The van der Waals surface area contributed by atoms with Gasteiger partial charge in [0, 0.05) is 0 Å². The van der Waals surface area contributed by atoms with Crippen molar-refractivity contribution in [3.8, 4) is 5.69 Å². The summed E-state index contributed by atoms with van der Waals surface area (Å²) >= 11 is 0. The van der Waals surface area contributed by atoms with Crippen LogP contribution < -0.4 is 5.69 Å². The van der Waals surface area contributed by atoms with Gasteiger partial charge in [-0.25, -0.2) is 14.2 Å². The van der Waals surface area contributed by atoms with Crippen LogP contribution in [-0.2, 0) is 17.5 Å². The van der Waals surface area contributed by atoms with E-state index in [1.54, 1.807) is 0 Å². The molecular formula is C11H8F3N3O3. The summed E-state index contributed by atoms with van der Waals surface area (Å²) in [5.41, 5.74) is -1.44. The second kappa shape index (κ2) is 4.83. The van der Waals surface area contributed by atoms with Crippen LogP contribution in [-0.4, -0.2) is 25.4 Å². The maximum Gasteiger partial charge on any atom is 0.416 e. The summed E-state index contributed by atoms with van der Waals surface area (Å²) in [4.78, 5) is 25.4. The topological polar surface area (TPSA) is 77.1 Å². The lowest BCUT2D eigenvalue weighted by Crippen LogP contribution is -2.26.